The zero-order valence-corrected chi connectivity index (χ0v) is 16.3. The van der Waals surface area contributed by atoms with Crippen LogP contribution < -0.4 is 14.8 Å². The SMILES string of the molecule is COc1ccc(CCNC(=O)C2=C(c3ccccc3)SCCO2)cc1OC. The number of amides is 1. The van der Waals surface area contributed by atoms with E-state index < -0.39 is 0 Å². The Morgan fingerprint density at radius 3 is 2.63 bits per heavy atom. The highest BCUT2D eigenvalue weighted by atomic mass is 32.2. The third-order valence-corrected chi connectivity index (χ3v) is 5.25. The van der Waals surface area contributed by atoms with Gasteiger partial charge in [0.2, 0.25) is 0 Å². The van der Waals surface area contributed by atoms with Crippen LogP contribution in [-0.2, 0) is 16.0 Å². The maximum Gasteiger partial charge on any atom is 0.287 e. The number of ether oxygens (including phenoxy) is 3. The molecule has 0 bridgehead atoms. The Hall–Kier alpha value is -2.60. The molecule has 2 aromatic rings. The maximum absolute atomic E-state index is 12.6. The first-order valence-corrected chi connectivity index (χ1v) is 9.76. The van der Waals surface area contributed by atoms with Crippen LogP contribution in [-0.4, -0.2) is 39.0 Å². The topological polar surface area (TPSA) is 56.8 Å². The third kappa shape index (κ3) is 4.77. The first kappa shape index (κ1) is 19.2. The highest BCUT2D eigenvalue weighted by Gasteiger charge is 2.22. The van der Waals surface area contributed by atoms with Gasteiger partial charge in [0.25, 0.3) is 5.91 Å². The van der Waals surface area contributed by atoms with Gasteiger partial charge in [-0.15, -0.1) is 11.8 Å². The van der Waals surface area contributed by atoms with E-state index in [1.54, 1.807) is 26.0 Å². The molecule has 0 fully saturated rings. The largest absolute Gasteiger partial charge is 0.493 e. The number of nitrogens with one attached hydrogen (secondary N) is 1. The van der Waals surface area contributed by atoms with Gasteiger partial charge in [0.15, 0.2) is 17.3 Å². The lowest BCUT2D eigenvalue weighted by Gasteiger charge is -2.20. The molecule has 6 heteroatoms. The second kappa shape index (κ2) is 9.37. The van der Waals surface area contributed by atoms with Crippen LogP contribution in [0.25, 0.3) is 4.91 Å². The summed E-state index contributed by atoms with van der Waals surface area (Å²) in [6, 6.07) is 15.6. The number of carbonyl (C=O) groups is 1. The van der Waals surface area contributed by atoms with Crippen LogP contribution in [0.4, 0.5) is 0 Å². The van der Waals surface area contributed by atoms with Gasteiger partial charge in [-0.2, -0.15) is 0 Å². The summed E-state index contributed by atoms with van der Waals surface area (Å²) in [5.41, 5.74) is 2.07. The van der Waals surface area contributed by atoms with E-state index in [9.17, 15) is 4.79 Å². The van der Waals surface area contributed by atoms with Crippen molar-refractivity contribution in [3.05, 3.63) is 65.4 Å². The van der Waals surface area contributed by atoms with Crippen LogP contribution in [0.2, 0.25) is 0 Å². The molecule has 0 saturated carbocycles. The van der Waals surface area contributed by atoms with Gasteiger partial charge in [0, 0.05) is 12.3 Å². The molecule has 5 nitrogen and oxygen atoms in total. The van der Waals surface area contributed by atoms with E-state index >= 15 is 0 Å². The van der Waals surface area contributed by atoms with E-state index in [1.807, 2.05) is 48.5 Å². The highest BCUT2D eigenvalue weighted by Crippen LogP contribution is 2.34. The van der Waals surface area contributed by atoms with E-state index in [4.69, 9.17) is 14.2 Å². The van der Waals surface area contributed by atoms with Gasteiger partial charge in [-0.1, -0.05) is 36.4 Å². The fourth-order valence-electron chi connectivity index (χ4n) is 2.83. The van der Waals surface area contributed by atoms with E-state index in [0.29, 0.717) is 36.8 Å². The third-order valence-electron chi connectivity index (χ3n) is 4.17. The van der Waals surface area contributed by atoms with Gasteiger partial charge < -0.3 is 19.5 Å². The lowest BCUT2D eigenvalue weighted by Crippen LogP contribution is -2.30. The fourth-order valence-corrected chi connectivity index (χ4v) is 3.78. The lowest BCUT2D eigenvalue weighted by atomic mass is 10.1. The summed E-state index contributed by atoms with van der Waals surface area (Å²) < 4.78 is 16.3. The zero-order chi connectivity index (χ0) is 19.1. The number of methoxy groups -OCH3 is 2. The Labute approximate surface area is 163 Å². The molecule has 3 rings (SSSR count). The van der Waals surface area contributed by atoms with Crippen LogP contribution in [0.1, 0.15) is 11.1 Å². The molecule has 1 N–H and O–H groups in total. The Balaban J connectivity index is 1.65. The minimum atomic E-state index is -0.179. The number of benzene rings is 2. The minimum absolute atomic E-state index is 0.179. The monoisotopic (exact) mass is 385 g/mol. The van der Waals surface area contributed by atoms with Gasteiger partial charge in [0.05, 0.1) is 25.7 Å². The maximum atomic E-state index is 12.6. The van der Waals surface area contributed by atoms with Crippen molar-refractivity contribution >= 4 is 22.6 Å². The molecule has 1 aliphatic rings. The molecule has 0 atom stereocenters. The van der Waals surface area contributed by atoms with Crippen LogP contribution in [0.15, 0.2) is 54.3 Å². The van der Waals surface area contributed by atoms with Crippen molar-refractivity contribution in [2.75, 3.05) is 33.1 Å². The number of hydrogen-bond acceptors (Lipinski definition) is 5. The van der Waals surface area contributed by atoms with Crippen molar-refractivity contribution in [3.63, 3.8) is 0 Å². The van der Waals surface area contributed by atoms with Crippen LogP contribution in [0.3, 0.4) is 0 Å². The second-order valence-corrected chi connectivity index (χ2v) is 7.02. The molecular formula is C21H23NO4S. The minimum Gasteiger partial charge on any atom is -0.493 e. The van der Waals surface area contributed by atoms with Crippen molar-refractivity contribution in [2.45, 2.75) is 6.42 Å². The first-order chi connectivity index (χ1) is 13.2. The van der Waals surface area contributed by atoms with Gasteiger partial charge >= 0.3 is 0 Å². The highest BCUT2D eigenvalue weighted by molar-refractivity contribution is 8.08. The Morgan fingerprint density at radius 1 is 1.11 bits per heavy atom. The molecule has 0 aliphatic carbocycles. The van der Waals surface area contributed by atoms with E-state index in [1.165, 1.54) is 0 Å². The average Bonchev–Trinajstić information content (AvgIpc) is 2.74. The molecule has 0 saturated heterocycles. The number of hydrogen-bond donors (Lipinski definition) is 1. The summed E-state index contributed by atoms with van der Waals surface area (Å²) in [6.07, 6.45) is 0.688. The molecule has 142 valence electrons. The van der Waals surface area contributed by atoms with Crippen LogP contribution in [0, 0.1) is 0 Å². The fraction of sp³-hybridized carbons (Fsp3) is 0.286. The molecule has 0 spiro atoms. The van der Waals surface area contributed by atoms with Gasteiger partial charge in [0.1, 0.15) is 0 Å². The molecule has 1 amide bonds. The van der Waals surface area contributed by atoms with Crippen molar-refractivity contribution in [1.82, 2.24) is 5.32 Å². The van der Waals surface area contributed by atoms with E-state index in [2.05, 4.69) is 5.32 Å². The van der Waals surface area contributed by atoms with Crippen LogP contribution in [0.5, 0.6) is 11.5 Å². The Morgan fingerprint density at radius 2 is 1.89 bits per heavy atom. The molecular weight excluding hydrogens is 362 g/mol. The number of thioether (sulfide) groups is 1. The average molecular weight is 385 g/mol. The molecule has 27 heavy (non-hydrogen) atoms. The molecule has 0 aromatic heterocycles. The molecule has 0 unspecified atom stereocenters. The Bertz CT molecular complexity index is 820. The number of rotatable bonds is 7. The van der Waals surface area contributed by atoms with E-state index in [-0.39, 0.29) is 5.91 Å². The van der Waals surface area contributed by atoms with Crippen LogP contribution >= 0.6 is 11.8 Å². The van der Waals surface area contributed by atoms with Crippen molar-refractivity contribution < 1.29 is 19.0 Å². The molecule has 1 aliphatic heterocycles. The van der Waals surface area contributed by atoms with Gasteiger partial charge in [-0.25, -0.2) is 0 Å². The normalized spacial score (nSPS) is 13.7. The van der Waals surface area contributed by atoms with Gasteiger partial charge in [-0.3, -0.25) is 4.79 Å². The standard InChI is InChI=1S/C21H23NO4S/c1-24-17-9-8-15(14-18(17)25-2)10-11-22-21(23)19-20(27-13-12-26-19)16-6-4-3-5-7-16/h3-9,14H,10-13H2,1-2H3,(H,22,23). The quantitative estimate of drug-likeness (QED) is 0.791. The number of carbonyl (C=O) groups excluding carboxylic acids is 1. The summed E-state index contributed by atoms with van der Waals surface area (Å²) in [5, 5.41) is 2.96. The molecule has 2 aromatic carbocycles. The molecule has 0 radical (unpaired) electrons. The van der Waals surface area contributed by atoms with Crippen molar-refractivity contribution in [1.29, 1.82) is 0 Å². The Kier molecular flexibility index (Phi) is 6.65. The predicted octanol–water partition coefficient (Wildman–Crippen LogP) is 3.49. The first-order valence-electron chi connectivity index (χ1n) is 8.77. The van der Waals surface area contributed by atoms with Crippen molar-refractivity contribution in [2.24, 2.45) is 0 Å². The summed E-state index contributed by atoms with van der Waals surface area (Å²) in [5.74, 6) is 2.44. The zero-order valence-electron chi connectivity index (χ0n) is 15.5. The summed E-state index contributed by atoms with van der Waals surface area (Å²) >= 11 is 1.65. The molecule has 1 heterocycles. The predicted molar refractivity (Wildman–Crippen MR) is 108 cm³/mol. The second-order valence-electron chi connectivity index (χ2n) is 5.92. The van der Waals surface area contributed by atoms with Gasteiger partial charge in [-0.05, 0) is 29.7 Å². The van der Waals surface area contributed by atoms with Crippen molar-refractivity contribution in [3.8, 4) is 11.5 Å². The smallest absolute Gasteiger partial charge is 0.287 e. The summed E-state index contributed by atoms with van der Waals surface area (Å²) in [4.78, 5) is 13.5. The lowest BCUT2D eigenvalue weighted by molar-refractivity contribution is -0.120. The van der Waals surface area contributed by atoms with E-state index in [0.717, 1.165) is 21.8 Å². The summed E-state index contributed by atoms with van der Waals surface area (Å²) in [7, 11) is 3.22. The summed E-state index contributed by atoms with van der Waals surface area (Å²) in [6.45, 7) is 1.05.